The van der Waals surface area contributed by atoms with Crippen molar-refractivity contribution in [2.45, 2.75) is 33.0 Å². The van der Waals surface area contributed by atoms with Gasteiger partial charge in [0.2, 0.25) is 0 Å². The molecule has 1 heterocycles. The van der Waals surface area contributed by atoms with Crippen LogP contribution in [-0.2, 0) is 20.1 Å². The molecule has 0 fully saturated rings. The van der Waals surface area contributed by atoms with E-state index in [2.05, 4.69) is 25.8 Å². The molecule has 2 aromatic carbocycles. The van der Waals surface area contributed by atoms with Crippen LogP contribution in [0, 0.1) is 12.7 Å². The van der Waals surface area contributed by atoms with Gasteiger partial charge in [-0.05, 0) is 43.7 Å². The molecule has 178 valence electrons. The summed E-state index contributed by atoms with van der Waals surface area (Å²) in [6.45, 7) is 5.23. The average Bonchev–Trinajstić information content (AvgIpc) is 3.11. The van der Waals surface area contributed by atoms with E-state index >= 15 is 0 Å². The number of ether oxygens (including phenoxy) is 2. The number of methoxy groups -OCH3 is 1. The number of aromatic nitrogens is 3. The number of aryl methyl sites for hydroxylation is 1. The smallest absolute Gasteiger partial charge is 0.192 e. The fourth-order valence-electron chi connectivity index (χ4n) is 2.90. The van der Waals surface area contributed by atoms with Crippen molar-refractivity contribution in [3.63, 3.8) is 0 Å². The summed E-state index contributed by atoms with van der Waals surface area (Å²) in [4.78, 5) is 4.67. The summed E-state index contributed by atoms with van der Waals surface area (Å²) in [5, 5.41) is 14.8. The molecule has 1 aromatic heterocycles. The molecule has 8 nitrogen and oxygen atoms in total. The normalized spacial score (nSPS) is 12.0. The number of halogens is 2. The van der Waals surface area contributed by atoms with Crippen molar-refractivity contribution in [1.29, 1.82) is 0 Å². The number of guanidine groups is 1. The summed E-state index contributed by atoms with van der Waals surface area (Å²) in [6, 6.07) is 13.9. The Hall–Kier alpha value is -2.89. The zero-order valence-corrected chi connectivity index (χ0v) is 21.5. The Kier molecular flexibility index (Phi) is 10.4. The SMILES string of the molecule is COc1ccc(CN=C(NCc2nnc(C)n2C)NCC(C)Oc2cccc(F)c2)cc1.I. The van der Waals surface area contributed by atoms with E-state index < -0.39 is 0 Å². The van der Waals surface area contributed by atoms with Gasteiger partial charge in [-0.15, -0.1) is 34.2 Å². The molecular weight excluding hydrogens is 538 g/mol. The van der Waals surface area contributed by atoms with Gasteiger partial charge < -0.3 is 24.7 Å². The van der Waals surface area contributed by atoms with Crippen molar-refractivity contribution in [1.82, 2.24) is 25.4 Å². The third-order valence-electron chi connectivity index (χ3n) is 4.87. The molecule has 10 heteroatoms. The first-order chi connectivity index (χ1) is 15.4. The Balaban J connectivity index is 0.00000385. The summed E-state index contributed by atoms with van der Waals surface area (Å²) >= 11 is 0. The average molecular weight is 568 g/mol. The summed E-state index contributed by atoms with van der Waals surface area (Å²) < 4.78 is 26.3. The van der Waals surface area contributed by atoms with Crippen LogP contribution in [0.25, 0.3) is 0 Å². The van der Waals surface area contributed by atoms with Gasteiger partial charge >= 0.3 is 0 Å². The van der Waals surface area contributed by atoms with Crippen molar-refractivity contribution in [2.24, 2.45) is 12.0 Å². The minimum Gasteiger partial charge on any atom is -0.497 e. The quantitative estimate of drug-likeness (QED) is 0.233. The van der Waals surface area contributed by atoms with Gasteiger partial charge in [-0.1, -0.05) is 18.2 Å². The molecule has 33 heavy (non-hydrogen) atoms. The van der Waals surface area contributed by atoms with E-state index in [0.717, 1.165) is 23.0 Å². The Bertz CT molecular complexity index is 1040. The highest BCUT2D eigenvalue weighted by molar-refractivity contribution is 14.0. The molecule has 0 saturated heterocycles. The zero-order chi connectivity index (χ0) is 22.9. The van der Waals surface area contributed by atoms with Gasteiger partial charge in [0, 0.05) is 13.1 Å². The highest BCUT2D eigenvalue weighted by Crippen LogP contribution is 2.14. The molecule has 3 rings (SSSR count). The summed E-state index contributed by atoms with van der Waals surface area (Å²) in [6.07, 6.45) is -0.207. The van der Waals surface area contributed by atoms with E-state index in [0.29, 0.717) is 31.3 Å². The molecule has 1 unspecified atom stereocenters. The van der Waals surface area contributed by atoms with E-state index in [9.17, 15) is 4.39 Å². The van der Waals surface area contributed by atoms with Crippen LogP contribution in [0.2, 0.25) is 0 Å². The molecule has 3 aromatic rings. The second-order valence-electron chi connectivity index (χ2n) is 7.36. The van der Waals surface area contributed by atoms with Gasteiger partial charge in [-0.25, -0.2) is 9.38 Å². The van der Waals surface area contributed by atoms with E-state index in [1.807, 2.05) is 49.7 Å². The maximum absolute atomic E-state index is 13.4. The van der Waals surface area contributed by atoms with Crippen LogP contribution in [0.3, 0.4) is 0 Å². The highest BCUT2D eigenvalue weighted by Gasteiger charge is 2.09. The lowest BCUT2D eigenvalue weighted by atomic mass is 10.2. The van der Waals surface area contributed by atoms with Crippen molar-refractivity contribution in [3.8, 4) is 11.5 Å². The minimum atomic E-state index is -0.329. The minimum absolute atomic E-state index is 0. The van der Waals surface area contributed by atoms with Crippen LogP contribution in [0.4, 0.5) is 4.39 Å². The first-order valence-corrected chi connectivity index (χ1v) is 10.4. The van der Waals surface area contributed by atoms with Crippen molar-refractivity contribution in [3.05, 3.63) is 71.6 Å². The number of hydrogen-bond donors (Lipinski definition) is 2. The number of nitrogens with zero attached hydrogens (tertiary/aromatic N) is 4. The van der Waals surface area contributed by atoms with Crippen LogP contribution in [0.1, 0.15) is 24.1 Å². The van der Waals surface area contributed by atoms with Gasteiger partial charge in [0.05, 0.1) is 26.7 Å². The number of hydrogen-bond acceptors (Lipinski definition) is 5. The maximum Gasteiger partial charge on any atom is 0.192 e. The second-order valence-corrected chi connectivity index (χ2v) is 7.36. The lowest BCUT2D eigenvalue weighted by Gasteiger charge is -2.18. The van der Waals surface area contributed by atoms with Crippen molar-refractivity contribution < 1.29 is 13.9 Å². The molecule has 0 spiro atoms. The fraction of sp³-hybridized carbons (Fsp3) is 0.348. The van der Waals surface area contributed by atoms with Crippen LogP contribution in [0.5, 0.6) is 11.5 Å². The van der Waals surface area contributed by atoms with Gasteiger partial charge in [-0.3, -0.25) is 0 Å². The van der Waals surface area contributed by atoms with Gasteiger partial charge in [0.1, 0.15) is 29.2 Å². The predicted molar refractivity (Wildman–Crippen MR) is 137 cm³/mol. The van der Waals surface area contributed by atoms with Crippen LogP contribution < -0.4 is 20.1 Å². The summed E-state index contributed by atoms with van der Waals surface area (Å²) in [7, 11) is 3.56. The number of nitrogens with one attached hydrogen (secondary N) is 2. The Morgan fingerprint density at radius 2 is 1.88 bits per heavy atom. The second kappa shape index (κ2) is 13.0. The molecule has 0 aliphatic rings. The fourth-order valence-corrected chi connectivity index (χ4v) is 2.90. The maximum atomic E-state index is 13.4. The summed E-state index contributed by atoms with van der Waals surface area (Å²) in [5.41, 5.74) is 1.05. The molecule has 0 aliphatic heterocycles. The third kappa shape index (κ3) is 8.19. The molecule has 0 aliphatic carbocycles. The first kappa shape index (κ1) is 26.4. The lowest BCUT2D eigenvalue weighted by molar-refractivity contribution is 0.223. The van der Waals surface area contributed by atoms with Gasteiger partial charge in [0.15, 0.2) is 11.8 Å². The Labute approximate surface area is 210 Å². The van der Waals surface area contributed by atoms with E-state index in [1.54, 1.807) is 19.2 Å². The standard InChI is InChI=1S/C23H29FN6O2.HI/c1-16(32-21-7-5-6-19(24)12-21)13-25-23(27-15-22-29-28-17(2)30(22)3)26-14-18-8-10-20(31-4)11-9-18;/h5-12,16H,13-15H2,1-4H3,(H2,25,26,27);1H. The molecule has 2 N–H and O–H groups in total. The van der Waals surface area contributed by atoms with Gasteiger partial charge in [0.25, 0.3) is 0 Å². The number of benzene rings is 2. The zero-order valence-electron chi connectivity index (χ0n) is 19.2. The molecule has 0 saturated carbocycles. The third-order valence-corrected chi connectivity index (χ3v) is 4.87. The number of aliphatic imine (C=N–C) groups is 1. The van der Waals surface area contributed by atoms with E-state index in [-0.39, 0.29) is 35.9 Å². The monoisotopic (exact) mass is 568 g/mol. The molecule has 1 atom stereocenters. The Morgan fingerprint density at radius 1 is 1.12 bits per heavy atom. The predicted octanol–water partition coefficient (Wildman–Crippen LogP) is 3.59. The van der Waals surface area contributed by atoms with E-state index in [1.165, 1.54) is 12.1 Å². The number of rotatable bonds is 9. The molecule has 0 bridgehead atoms. The van der Waals surface area contributed by atoms with E-state index in [4.69, 9.17) is 9.47 Å². The van der Waals surface area contributed by atoms with Gasteiger partial charge in [-0.2, -0.15) is 0 Å². The van der Waals surface area contributed by atoms with Crippen LogP contribution in [-0.4, -0.2) is 40.5 Å². The Morgan fingerprint density at radius 3 is 2.52 bits per heavy atom. The van der Waals surface area contributed by atoms with Crippen LogP contribution >= 0.6 is 24.0 Å². The molecular formula is C23H30FIN6O2. The largest absolute Gasteiger partial charge is 0.497 e. The lowest BCUT2D eigenvalue weighted by Crippen LogP contribution is -2.42. The molecule has 0 amide bonds. The van der Waals surface area contributed by atoms with Crippen molar-refractivity contribution >= 4 is 29.9 Å². The van der Waals surface area contributed by atoms with Crippen LogP contribution in [0.15, 0.2) is 53.5 Å². The highest BCUT2D eigenvalue weighted by atomic mass is 127. The molecule has 0 radical (unpaired) electrons. The van der Waals surface area contributed by atoms with Crippen molar-refractivity contribution in [2.75, 3.05) is 13.7 Å². The topological polar surface area (TPSA) is 85.6 Å². The summed E-state index contributed by atoms with van der Waals surface area (Å²) in [5.74, 6) is 3.20. The first-order valence-electron chi connectivity index (χ1n) is 10.4.